The Labute approximate surface area is 39.5 Å². The van der Waals surface area contributed by atoms with Gasteiger partial charge in [-0.05, 0) is 11.8 Å². The van der Waals surface area contributed by atoms with Crippen molar-refractivity contribution in [3.63, 3.8) is 0 Å². The predicted octanol–water partition coefficient (Wildman–Crippen LogP) is 0.226. The van der Waals surface area contributed by atoms with E-state index in [0.717, 1.165) is 0 Å². The molecule has 0 aliphatic carbocycles. The number of rotatable bonds is 1. The van der Waals surface area contributed by atoms with E-state index >= 15 is 0 Å². The standard InChI is InChI=1S/H3N2O2PS/c1-2-5(3,4)6/h1H,(H2,3,4,6). The third kappa shape index (κ3) is 4.17. The van der Waals surface area contributed by atoms with Crippen molar-refractivity contribution < 1.29 is 9.79 Å². The molecule has 0 bridgehead atoms. The quantitative estimate of drug-likeness (QED) is 0.347. The van der Waals surface area contributed by atoms with E-state index in [1.165, 1.54) is 0 Å². The van der Waals surface area contributed by atoms with Crippen LogP contribution in [0.1, 0.15) is 0 Å². The molecule has 0 aliphatic rings. The molecule has 0 unspecified atom stereocenters. The summed E-state index contributed by atoms with van der Waals surface area (Å²) < 4.78 is 0. The lowest BCUT2D eigenvalue weighted by atomic mass is 13.3. The molecule has 36 valence electrons. The minimum Gasteiger partial charge on any atom is -0.327 e. The molecule has 6 heavy (non-hydrogen) atoms. The van der Waals surface area contributed by atoms with Crippen LogP contribution in [-0.2, 0) is 11.8 Å². The zero-order valence-corrected chi connectivity index (χ0v) is 4.41. The Morgan fingerprint density at radius 1 is 1.67 bits per heavy atom. The van der Waals surface area contributed by atoms with E-state index in [4.69, 9.17) is 15.3 Å². The molecule has 0 aromatic heterocycles. The second-order valence-corrected chi connectivity index (χ2v) is 3.31. The first-order valence-corrected chi connectivity index (χ1v) is 3.67. The fraction of sp³-hybridized carbons (Fsp3) is 0. The maximum absolute atomic E-state index is 7.95. The maximum Gasteiger partial charge on any atom is 0.321 e. The Hall–Kier alpha value is 0.170. The topological polar surface area (TPSA) is 76.7 Å². The summed E-state index contributed by atoms with van der Waals surface area (Å²) in [6.45, 7) is -3.52. The summed E-state index contributed by atoms with van der Waals surface area (Å²) in [6.07, 6.45) is 0. The maximum atomic E-state index is 7.95. The van der Waals surface area contributed by atoms with Gasteiger partial charge in [0.1, 0.15) is 0 Å². The largest absolute Gasteiger partial charge is 0.327 e. The summed E-state index contributed by atoms with van der Waals surface area (Å²) in [7, 11) is 0. The Morgan fingerprint density at radius 2 is 1.83 bits per heavy atom. The van der Waals surface area contributed by atoms with Crippen LogP contribution in [0.25, 0.3) is 0 Å². The summed E-state index contributed by atoms with van der Waals surface area (Å²) in [6, 6.07) is 0. The van der Waals surface area contributed by atoms with Crippen LogP contribution in [0.15, 0.2) is 4.88 Å². The number of hydrogen-bond donors (Lipinski definition) is 3. The van der Waals surface area contributed by atoms with Gasteiger partial charge in [-0.15, -0.1) is 4.88 Å². The van der Waals surface area contributed by atoms with Gasteiger partial charge < -0.3 is 9.79 Å². The second kappa shape index (κ2) is 1.75. The van der Waals surface area contributed by atoms with Gasteiger partial charge in [0.05, 0.1) is 0 Å². The van der Waals surface area contributed by atoms with Gasteiger partial charge in [-0.25, -0.2) is 5.53 Å². The zero-order valence-electron chi connectivity index (χ0n) is 2.70. The highest BCUT2D eigenvalue weighted by Crippen LogP contribution is 2.35. The van der Waals surface area contributed by atoms with Gasteiger partial charge in [-0.3, -0.25) is 0 Å². The molecular weight excluding hydrogens is 123 g/mol. The molecular formula is H3N2O2PS. The van der Waals surface area contributed by atoms with Gasteiger partial charge in [0, 0.05) is 0 Å². The number of nitrogens with one attached hydrogen (secondary N) is 1. The number of nitrogens with zero attached hydrogens (tertiary/aromatic N) is 1. The van der Waals surface area contributed by atoms with Crippen LogP contribution in [-0.4, -0.2) is 9.79 Å². The van der Waals surface area contributed by atoms with Gasteiger partial charge in [0.2, 0.25) is 0 Å². The first-order chi connectivity index (χ1) is 2.56. The zero-order chi connectivity index (χ0) is 5.21. The summed E-state index contributed by atoms with van der Waals surface area (Å²) in [5, 5.41) is 0. The minimum atomic E-state index is -3.52. The van der Waals surface area contributed by atoms with Crippen molar-refractivity contribution >= 4 is 18.4 Å². The predicted molar refractivity (Wildman–Crippen MR) is 23.9 cm³/mol. The molecule has 0 rings (SSSR count). The molecule has 0 aromatic carbocycles. The lowest BCUT2D eigenvalue weighted by Crippen LogP contribution is -1.62. The van der Waals surface area contributed by atoms with Gasteiger partial charge in [0.15, 0.2) is 0 Å². The molecule has 0 amide bonds. The molecule has 0 atom stereocenters. The Bertz CT molecular complexity index is 93.7. The fourth-order valence-corrected chi connectivity index (χ4v) is 0. The Balaban J connectivity index is 3.81. The van der Waals surface area contributed by atoms with Crippen molar-refractivity contribution in [3.05, 3.63) is 0 Å². The third-order valence-electron chi connectivity index (χ3n) is 0.130. The second-order valence-electron chi connectivity index (χ2n) is 0.613. The first kappa shape index (κ1) is 6.17. The highest BCUT2D eigenvalue weighted by molar-refractivity contribution is 8.08. The highest BCUT2D eigenvalue weighted by atomic mass is 32.5. The van der Waals surface area contributed by atoms with Crippen LogP contribution in [0.2, 0.25) is 0 Å². The van der Waals surface area contributed by atoms with E-state index in [2.05, 4.69) is 16.7 Å². The minimum absolute atomic E-state index is 2.31. The van der Waals surface area contributed by atoms with E-state index in [-0.39, 0.29) is 0 Å². The average Bonchev–Trinajstić information content (AvgIpc) is 1.35. The molecule has 0 spiro atoms. The van der Waals surface area contributed by atoms with Crippen molar-refractivity contribution in [2.75, 3.05) is 0 Å². The molecule has 3 N–H and O–H groups in total. The normalized spacial score (nSPS) is 11.0. The Kier molecular flexibility index (Phi) is 1.80. The highest BCUT2D eigenvalue weighted by Gasteiger charge is 1.98. The van der Waals surface area contributed by atoms with Crippen LogP contribution < -0.4 is 0 Å². The molecule has 0 heterocycles. The van der Waals surface area contributed by atoms with E-state index in [9.17, 15) is 0 Å². The van der Waals surface area contributed by atoms with Crippen LogP contribution in [0, 0.1) is 5.53 Å². The van der Waals surface area contributed by atoms with Crippen LogP contribution in [0.3, 0.4) is 0 Å². The van der Waals surface area contributed by atoms with Gasteiger partial charge >= 0.3 is 6.64 Å². The van der Waals surface area contributed by atoms with Gasteiger partial charge in [-0.1, -0.05) is 0 Å². The van der Waals surface area contributed by atoms with Crippen molar-refractivity contribution in [2.45, 2.75) is 0 Å². The SMILES string of the molecule is N=NP(O)(O)=S. The lowest BCUT2D eigenvalue weighted by molar-refractivity contribution is 0.476. The molecule has 0 radical (unpaired) electrons. The van der Waals surface area contributed by atoms with E-state index in [1.807, 2.05) is 0 Å². The third-order valence-corrected chi connectivity index (χ3v) is 0.636. The molecule has 0 aromatic rings. The summed E-state index contributed by atoms with van der Waals surface area (Å²) >= 11 is 3.85. The van der Waals surface area contributed by atoms with Crippen LogP contribution in [0.4, 0.5) is 0 Å². The van der Waals surface area contributed by atoms with Crippen molar-refractivity contribution in [3.8, 4) is 0 Å². The molecule has 0 saturated carbocycles. The summed E-state index contributed by atoms with van der Waals surface area (Å²) in [5.41, 5.74) is 5.92. The van der Waals surface area contributed by atoms with Crippen molar-refractivity contribution in [1.82, 2.24) is 0 Å². The van der Waals surface area contributed by atoms with E-state index in [0.29, 0.717) is 0 Å². The smallest absolute Gasteiger partial charge is 0.321 e. The van der Waals surface area contributed by atoms with Crippen LogP contribution >= 0.6 is 6.64 Å². The summed E-state index contributed by atoms with van der Waals surface area (Å²) in [5.74, 6) is 0. The summed E-state index contributed by atoms with van der Waals surface area (Å²) in [4.78, 5) is 18.2. The molecule has 0 saturated heterocycles. The average molecular weight is 126 g/mol. The van der Waals surface area contributed by atoms with E-state index < -0.39 is 6.64 Å². The van der Waals surface area contributed by atoms with Crippen molar-refractivity contribution in [2.24, 2.45) is 4.88 Å². The monoisotopic (exact) mass is 126 g/mol. The first-order valence-electron chi connectivity index (χ1n) is 1.01. The fourth-order valence-electron chi connectivity index (χ4n) is 0. The van der Waals surface area contributed by atoms with Crippen molar-refractivity contribution in [1.29, 1.82) is 5.53 Å². The van der Waals surface area contributed by atoms with Crippen LogP contribution in [0.5, 0.6) is 0 Å². The van der Waals surface area contributed by atoms with E-state index in [1.54, 1.807) is 0 Å². The Morgan fingerprint density at radius 3 is 1.83 bits per heavy atom. The molecule has 0 aliphatic heterocycles. The number of hydrogen-bond acceptors (Lipinski definition) is 2. The lowest BCUT2D eigenvalue weighted by Gasteiger charge is -1.89. The molecule has 0 fully saturated rings. The van der Waals surface area contributed by atoms with Gasteiger partial charge in [0.25, 0.3) is 0 Å². The molecule has 4 nitrogen and oxygen atoms in total. The van der Waals surface area contributed by atoms with Gasteiger partial charge in [-0.2, -0.15) is 0 Å². The molecule has 6 heteroatoms.